The van der Waals surface area contributed by atoms with Crippen molar-refractivity contribution in [3.05, 3.63) is 40.9 Å². The highest BCUT2D eigenvalue weighted by Gasteiger charge is 2.17. The molecule has 6 nitrogen and oxygen atoms in total. The van der Waals surface area contributed by atoms with E-state index < -0.39 is 6.04 Å². The number of aryl methyl sites for hydroxylation is 1. The van der Waals surface area contributed by atoms with Crippen LogP contribution < -0.4 is 10.6 Å². The molecule has 1 aromatic carbocycles. The molecule has 0 spiro atoms. The minimum Gasteiger partial charge on any atom is -0.341 e. The van der Waals surface area contributed by atoms with Gasteiger partial charge in [-0.2, -0.15) is 0 Å². The Bertz CT molecular complexity index is 627. The predicted octanol–water partition coefficient (Wildman–Crippen LogP) is 1.86. The zero-order valence-electron chi connectivity index (χ0n) is 11.8. The van der Waals surface area contributed by atoms with Crippen LogP contribution in [0.1, 0.15) is 29.2 Å². The molecule has 1 unspecified atom stereocenters. The number of benzene rings is 1. The number of anilines is 1. The third kappa shape index (κ3) is 4.09. The Balaban J connectivity index is 1.92. The van der Waals surface area contributed by atoms with Gasteiger partial charge in [-0.15, -0.1) is 10.2 Å². The van der Waals surface area contributed by atoms with Gasteiger partial charge in [-0.3, -0.25) is 14.9 Å². The topological polar surface area (TPSA) is 84.0 Å². The molecule has 2 rings (SSSR count). The van der Waals surface area contributed by atoms with Gasteiger partial charge in [-0.1, -0.05) is 36.5 Å². The maximum Gasteiger partial charge on any atom is 0.251 e. The maximum atomic E-state index is 12.0. The van der Waals surface area contributed by atoms with Gasteiger partial charge in [0.1, 0.15) is 11.0 Å². The van der Waals surface area contributed by atoms with E-state index in [2.05, 4.69) is 20.8 Å². The van der Waals surface area contributed by atoms with Crippen molar-refractivity contribution < 1.29 is 9.59 Å². The van der Waals surface area contributed by atoms with Gasteiger partial charge in [0.05, 0.1) is 0 Å². The quantitative estimate of drug-likeness (QED) is 0.883. The fourth-order valence-electron chi connectivity index (χ4n) is 1.60. The molecule has 0 aliphatic carbocycles. The second-order valence-corrected chi connectivity index (χ2v) is 5.47. The molecule has 0 aliphatic rings. The molecule has 0 fully saturated rings. The third-order valence-electron chi connectivity index (χ3n) is 2.78. The number of aromatic nitrogens is 2. The molecule has 0 saturated heterocycles. The number of hydrogen-bond donors (Lipinski definition) is 2. The first-order valence-electron chi connectivity index (χ1n) is 6.59. The Morgan fingerprint density at radius 1 is 1.24 bits per heavy atom. The number of nitrogens with zero attached hydrogens (tertiary/aromatic N) is 2. The fourth-order valence-corrected chi connectivity index (χ4v) is 2.28. The summed E-state index contributed by atoms with van der Waals surface area (Å²) in [6.45, 7) is 3.59. The van der Waals surface area contributed by atoms with Gasteiger partial charge in [0.15, 0.2) is 0 Å². The summed E-state index contributed by atoms with van der Waals surface area (Å²) < 4.78 is 0. The molecule has 1 aromatic heterocycles. The van der Waals surface area contributed by atoms with Crippen LogP contribution in [0.4, 0.5) is 5.13 Å². The SMILES string of the molecule is CCc1nnc(NC(=O)C(C)NC(=O)c2ccccc2)s1. The van der Waals surface area contributed by atoms with Gasteiger partial charge in [-0.25, -0.2) is 0 Å². The molecule has 0 aliphatic heterocycles. The van der Waals surface area contributed by atoms with E-state index in [1.165, 1.54) is 11.3 Å². The second kappa shape index (κ2) is 6.94. The van der Waals surface area contributed by atoms with Crippen molar-refractivity contribution in [1.82, 2.24) is 15.5 Å². The van der Waals surface area contributed by atoms with Crippen LogP contribution in [0.2, 0.25) is 0 Å². The summed E-state index contributed by atoms with van der Waals surface area (Å²) in [7, 11) is 0. The van der Waals surface area contributed by atoms with Crippen LogP contribution in [-0.2, 0) is 11.2 Å². The molecule has 0 radical (unpaired) electrons. The highest BCUT2D eigenvalue weighted by Crippen LogP contribution is 2.15. The van der Waals surface area contributed by atoms with E-state index in [1.807, 2.05) is 13.0 Å². The molecule has 0 bridgehead atoms. The normalized spacial score (nSPS) is 11.7. The first-order valence-corrected chi connectivity index (χ1v) is 7.41. The van der Waals surface area contributed by atoms with E-state index in [0.29, 0.717) is 10.7 Å². The van der Waals surface area contributed by atoms with Crippen molar-refractivity contribution >= 4 is 28.3 Å². The summed E-state index contributed by atoms with van der Waals surface area (Å²) in [5.41, 5.74) is 0.515. The molecule has 21 heavy (non-hydrogen) atoms. The number of amides is 2. The lowest BCUT2D eigenvalue weighted by Gasteiger charge is -2.12. The van der Waals surface area contributed by atoms with E-state index in [9.17, 15) is 9.59 Å². The van der Waals surface area contributed by atoms with Crippen molar-refractivity contribution in [1.29, 1.82) is 0 Å². The minimum atomic E-state index is -0.660. The van der Waals surface area contributed by atoms with Crippen LogP contribution >= 0.6 is 11.3 Å². The zero-order chi connectivity index (χ0) is 15.2. The highest BCUT2D eigenvalue weighted by molar-refractivity contribution is 7.15. The number of hydrogen-bond acceptors (Lipinski definition) is 5. The average Bonchev–Trinajstić information content (AvgIpc) is 2.95. The largest absolute Gasteiger partial charge is 0.341 e. The summed E-state index contributed by atoms with van der Waals surface area (Å²) in [4.78, 5) is 23.9. The number of carbonyl (C=O) groups excluding carboxylic acids is 2. The smallest absolute Gasteiger partial charge is 0.251 e. The predicted molar refractivity (Wildman–Crippen MR) is 81.3 cm³/mol. The van der Waals surface area contributed by atoms with E-state index in [4.69, 9.17) is 0 Å². The van der Waals surface area contributed by atoms with Crippen molar-refractivity contribution in [3.8, 4) is 0 Å². The monoisotopic (exact) mass is 304 g/mol. The van der Waals surface area contributed by atoms with Crippen molar-refractivity contribution in [2.45, 2.75) is 26.3 Å². The standard InChI is InChI=1S/C14H16N4O2S/c1-3-11-17-18-14(21-11)16-12(19)9(2)15-13(20)10-7-5-4-6-8-10/h4-9H,3H2,1-2H3,(H,15,20)(H,16,18,19). The molecular formula is C14H16N4O2S. The van der Waals surface area contributed by atoms with Gasteiger partial charge in [-0.05, 0) is 25.5 Å². The van der Waals surface area contributed by atoms with Gasteiger partial charge in [0.25, 0.3) is 5.91 Å². The van der Waals surface area contributed by atoms with Gasteiger partial charge in [0.2, 0.25) is 11.0 Å². The lowest BCUT2D eigenvalue weighted by atomic mass is 10.2. The van der Waals surface area contributed by atoms with E-state index in [1.54, 1.807) is 31.2 Å². The summed E-state index contributed by atoms with van der Waals surface area (Å²) >= 11 is 1.33. The minimum absolute atomic E-state index is 0.287. The Morgan fingerprint density at radius 2 is 1.95 bits per heavy atom. The number of carbonyl (C=O) groups is 2. The van der Waals surface area contributed by atoms with Gasteiger partial charge < -0.3 is 5.32 Å². The highest BCUT2D eigenvalue weighted by atomic mass is 32.1. The first kappa shape index (κ1) is 15.1. The van der Waals surface area contributed by atoms with Crippen LogP contribution in [0, 0.1) is 0 Å². The van der Waals surface area contributed by atoms with Crippen molar-refractivity contribution in [2.24, 2.45) is 0 Å². The summed E-state index contributed by atoms with van der Waals surface area (Å²) in [6.07, 6.45) is 0.772. The molecule has 0 saturated carbocycles. The molecule has 7 heteroatoms. The Morgan fingerprint density at radius 3 is 2.57 bits per heavy atom. The average molecular weight is 304 g/mol. The lowest BCUT2D eigenvalue weighted by Crippen LogP contribution is -2.41. The van der Waals surface area contributed by atoms with E-state index >= 15 is 0 Å². The molecule has 1 heterocycles. The van der Waals surface area contributed by atoms with Crippen LogP contribution in [0.5, 0.6) is 0 Å². The van der Waals surface area contributed by atoms with Crippen molar-refractivity contribution in [3.63, 3.8) is 0 Å². The number of rotatable bonds is 5. The zero-order valence-corrected chi connectivity index (χ0v) is 12.6. The van der Waals surface area contributed by atoms with Crippen LogP contribution in [0.3, 0.4) is 0 Å². The summed E-state index contributed by atoms with van der Waals surface area (Å²) in [5, 5.41) is 14.4. The number of nitrogens with one attached hydrogen (secondary N) is 2. The van der Waals surface area contributed by atoms with Crippen LogP contribution in [0.15, 0.2) is 30.3 Å². The molecule has 1 atom stereocenters. The Labute approximate surface area is 126 Å². The van der Waals surface area contributed by atoms with Crippen molar-refractivity contribution in [2.75, 3.05) is 5.32 Å². The Hall–Kier alpha value is -2.28. The Kier molecular flexibility index (Phi) is 4.99. The van der Waals surface area contributed by atoms with Gasteiger partial charge >= 0.3 is 0 Å². The third-order valence-corrected chi connectivity index (χ3v) is 3.76. The molecule has 110 valence electrons. The summed E-state index contributed by atoms with van der Waals surface area (Å²) in [5.74, 6) is -0.608. The second-order valence-electron chi connectivity index (χ2n) is 4.40. The first-order chi connectivity index (χ1) is 10.1. The molecular weight excluding hydrogens is 288 g/mol. The molecule has 2 aromatic rings. The molecule has 2 N–H and O–H groups in total. The van der Waals surface area contributed by atoms with Crippen LogP contribution in [0.25, 0.3) is 0 Å². The van der Waals surface area contributed by atoms with Crippen LogP contribution in [-0.4, -0.2) is 28.1 Å². The van der Waals surface area contributed by atoms with E-state index in [-0.39, 0.29) is 11.8 Å². The lowest BCUT2D eigenvalue weighted by molar-refractivity contribution is -0.117. The summed E-state index contributed by atoms with van der Waals surface area (Å²) in [6, 6.07) is 8.09. The fraction of sp³-hybridized carbons (Fsp3) is 0.286. The maximum absolute atomic E-state index is 12.0. The van der Waals surface area contributed by atoms with Gasteiger partial charge in [0, 0.05) is 5.56 Å². The molecule has 2 amide bonds. The van der Waals surface area contributed by atoms with E-state index in [0.717, 1.165) is 11.4 Å².